The van der Waals surface area contributed by atoms with Crippen LogP contribution in [0.5, 0.6) is 0 Å². The molecule has 3 aromatic rings. The van der Waals surface area contributed by atoms with E-state index in [1.54, 1.807) is 0 Å². The largest absolute Gasteiger partial charge is 0.147 e. The van der Waals surface area contributed by atoms with Gasteiger partial charge in [0.15, 0.2) is 0 Å². The number of halogens is 2. The van der Waals surface area contributed by atoms with Crippen molar-refractivity contribution in [2.75, 3.05) is 0 Å². The first-order valence-electron chi connectivity index (χ1n) is 5.15. The van der Waals surface area contributed by atoms with E-state index in [0.29, 0.717) is 0 Å². The van der Waals surface area contributed by atoms with Crippen molar-refractivity contribution >= 4 is 35.6 Å². The zero-order chi connectivity index (χ0) is 10.1. The summed E-state index contributed by atoms with van der Waals surface area (Å²) in [6, 6.07) is 23.4. The smallest absolute Gasteiger partial charge is 0 e. The Bertz CT molecular complexity index is 588. The SMILES string of the molecule is Cl.Cl.[Zr].c1ccc(-[c-]2ccc3ccccc32)cc1. The van der Waals surface area contributed by atoms with Crippen molar-refractivity contribution in [1.29, 1.82) is 0 Å². The molecule has 0 bridgehead atoms. The third-order valence-electron chi connectivity index (χ3n) is 2.77. The summed E-state index contributed by atoms with van der Waals surface area (Å²) < 4.78 is 0. The van der Waals surface area contributed by atoms with E-state index in [1.807, 2.05) is 0 Å². The molecule has 0 N–H and O–H groups in total. The molecule has 0 aliphatic rings. The monoisotopic (exact) mass is 353 g/mol. The van der Waals surface area contributed by atoms with Crippen molar-refractivity contribution in [2.24, 2.45) is 0 Å². The van der Waals surface area contributed by atoms with Gasteiger partial charge in [0, 0.05) is 26.2 Å². The van der Waals surface area contributed by atoms with E-state index in [4.69, 9.17) is 0 Å². The molecule has 0 nitrogen and oxygen atoms in total. The maximum atomic E-state index is 2.19. The van der Waals surface area contributed by atoms with Gasteiger partial charge in [-0.2, -0.15) is 0 Å². The van der Waals surface area contributed by atoms with Gasteiger partial charge in [-0.25, -0.2) is 0 Å². The first kappa shape index (κ1) is 17.5. The molecule has 3 aromatic carbocycles. The van der Waals surface area contributed by atoms with Crippen LogP contribution in [-0.2, 0) is 26.2 Å². The standard InChI is InChI=1S/C15H11.2ClH.Zr/c1-2-6-12(7-3-1)15-11-10-13-8-4-5-9-14(13)15;;;/h1-11H;2*1H;/q-1;;;. The Morgan fingerprint density at radius 2 is 1.28 bits per heavy atom. The molecule has 92 valence electrons. The second-order valence-electron chi connectivity index (χ2n) is 3.70. The van der Waals surface area contributed by atoms with Gasteiger partial charge in [-0.05, 0) is 0 Å². The fraction of sp³-hybridized carbons (Fsp3) is 0. The molecule has 0 aliphatic heterocycles. The predicted octanol–water partition coefficient (Wildman–Crippen LogP) is 5.07. The van der Waals surface area contributed by atoms with Crippen molar-refractivity contribution in [3.63, 3.8) is 0 Å². The van der Waals surface area contributed by atoms with Crippen molar-refractivity contribution in [3.05, 3.63) is 66.7 Å². The molecule has 0 saturated heterocycles. The Morgan fingerprint density at radius 3 is 2.00 bits per heavy atom. The molecule has 0 aromatic heterocycles. The Kier molecular flexibility index (Phi) is 7.63. The van der Waals surface area contributed by atoms with E-state index >= 15 is 0 Å². The van der Waals surface area contributed by atoms with Crippen LogP contribution in [0.15, 0.2) is 66.7 Å². The molecule has 0 atom stereocenters. The van der Waals surface area contributed by atoms with Gasteiger partial charge in [-0.3, -0.25) is 0 Å². The molecule has 18 heavy (non-hydrogen) atoms. The average Bonchev–Trinajstić information content (AvgIpc) is 2.74. The number of hydrogen-bond acceptors (Lipinski definition) is 0. The summed E-state index contributed by atoms with van der Waals surface area (Å²) in [5.41, 5.74) is 2.62. The van der Waals surface area contributed by atoms with Gasteiger partial charge < -0.3 is 0 Å². The van der Waals surface area contributed by atoms with Crippen molar-refractivity contribution < 1.29 is 26.2 Å². The van der Waals surface area contributed by atoms with Crippen molar-refractivity contribution in [1.82, 2.24) is 0 Å². The molecule has 0 heterocycles. The zero-order valence-corrected chi connectivity index (χ0v) is 13.8. The summed E-state index contributed by atoms with van der Waals surface area (Å²) in [5.74, 6) is 0. The van der Waals surface area contributed by atoms with Crippen LogP contribution in [0.25, 0.3) is 21.9 Å². The predicted molar refractivity (Wildman–Crippen MR) is 79.5 cm³/mol. The van der Waals surface area contributed by atoms with Crippen molar-refractivity contribution in [3.8, 4) is 11.1 Å². The fourth-order valence-electron chi connectivity index (χ4n) is 2.02. The van der Waals surface area contributed by atoms with Crippen LogP contribution < -0.4 is 0 Å². The summed E-state index contributed by atoms with van der Waals surface area (Å²) in [4.78, 5) is 0. The molecule has 0 amide bonds. The quantitative estimate of drug-likeness (QED) is 0.535. The van der Waals surface area contributed by atoms with E-state index in [9.17, 15) is 0 Å². The van der Waals surface area contributed by atoms with E-state index < -0.39 is 0 Å². The maximum absolute atomic E-state index is 2.19. The van der Waals surface area contributed by atoms with E-state index in [0.717, 1.165) is 0 Å². The van der Waals surface area contributed by atoms with Gasteiger partial charge in [0.25, 0.3) is 0 Å². The minimum absolute atomic E-state index is 0. The molecule has 3 rings (SSSR count). The van der Waals surface area contributed by atoms with Crippen molar-refractivity contribution in [2.45, 2.75) is 0 Å². The first-order chi connectivity index (χ1) is 7.45. The minimum atomic E-state index is 0. The third kappa shape index (κ3) is 3.29. The summed E-state index contributed by atoms with van der Waals surface area (Å²) in [6.07, 6.45) is 0. The number of benzene rings is 2. The second-order valence-corrected chi connectivity index (χ2v) is 3.70. The first-order valence-corrected chi connectivity index (χ1v) is 5.15. The van der Waals surface area contributed by atoms with E-state index in [-0.39, 0.29) is 51.0 Å². The second kappa shape index (κ2) is 7.84. The topological polar surface area (TPSA) is 0 Å². The van der Waals surface area contributed by atoms with Crippen LogP contribution >= 0.6 is 24.8 Å². The maximum Gasteiger partial charge on any atom is 0 e. The molecular formula is C15H13Cl2Zr-. The van der Waals surface area contributed by atoms with Crippen LogP contribution in [0.4, 0.5) is 0 Å². The molecule has 0 spiro atoms. The number of rotatable bonds is 1. The summed E-state index contributed by atoms with van der Waals surface area (Å²) >= 11 is 0. The average molecular weight is 355 g/mol. The van der Waals surface area contributed by atoms with E-state index in [2.05, 4.69) is 66.7 Å². The van der Waals surface area contributed by atoms with Gasteiger partial charge in [0.2, 0.25) is 0 Å². The van der Waals surface area contributed by atoms with Crippen LogP contribution in [0.2, 0.25) is 0 Å². The van der Waals surface area contributed by atoms with Gasteiger partial charge in [0.05, 0.1) is 0 Å². The molecular weight excluding hydrogens is 342 g/mol. The zero-order valence-electron chi connectivity index (χ0n) is 9.67. The molecule has 0 fully saturated rings. The molecule has 0 unspecified atom stereocenters. The van der Waals surface area contributed by atoms with Crippen LogP contribution in [-0.4, -0.2) is 0 Å². The van der Waals surface area contributed by atoms with Gasteiger partial charge in [0.1, 0.15) is 0 Å². The Labute approximate surface area is 139 Å². The van der Waals surface area contributed by atoms with Gasteiger partial charge >= 0.3 is 0 Å². The summed E-state index contributed by atoms with van der Waals surface area (Å²) in [5, 5.41) is 2.65. The Balaban J connectivity index is 0.000000963. The number of fused-ring (bicyclic) bond motifs is 1. The van der Waals surface area contributed by atoms with Crippen LogP contribution in [0.1, 0.15) is 0 Å². The molecule has 0 aliphatic carbocycles. The van der Waals surface area contributed by atoms with Crippen LogP contribution in [0, 0.1) is 0 Å². The number of hydrogen-bond donors (Lipinski definition) is 0. The summed E-state index contributed by atoms with van der Waals surface area (Å²) in [6.45, 7) is 0. The van der Waals surface area contributed by atoms with Crippen LogP contribution in [0.3, 0.4) is 0 Å². The fourth-order valence-corrected chi connectivity index (χ4v) is 2.02. The molecule has 3 heteroatoms. The summed E-state index contributed by atoms with van der Waals surface area (Å²) in [7, 11) is 0. The molecule has 0 radical (unpaired) electrons. The normalized spacial score (nSPS) is 8.89. The Morgan fingerprint density at radius 1 is 0.667 bits per heavy atom. The van der Waals surface area contributed by atoms with Gasteiger partial charge in [-0.1, -0.05) is 52.7 Å². The van der Waals surface area contributed by atoms with Gasteiger partial charge in [-0.15, -0.1) is 60.7 Å². The van der Waals surface area contributed by atoms with E-state index in [1.165, 1.54) is 21.9 Å². The third-order valence-corrected chi connectivity index (χ3v) is 2.77. The Hall–Kier alpha value is -0.487. The molecule has 0 saturated carbocycles. The minimum Gasteiger partial charge on any atom is -0.147 e.